The number of hydrogen-bond acceptors (Lipinski definition) is 16. The highest BCUT2D eigenvalue weighted by Gasteiger charge is 2.47. The van der Waals surface area contributed by atoms with Gasteiger partial charge in [0.2, 0.25) is 5.91 Å². The molecule has 3 rings (SSSR count). The second kappa shape index (κ2) is 15.8. The third kappa shape index (κ3) is 8.50. The van der Waals surface area contributed by atoms with E-state index in [9.17, 15) is 25.2 Å². The molecule has 0 spiro atoms. The van der Waals surface area contributed by atoms with E-state index in [1.54, 1.807) is 0 Å². The molecule has 3 fully saturated rings. The van der Waals surface area contributed by atoms with Crippen molar-refractivity contribution in [2.24, 2.45) is 33.8 Å². The van der Waals surface area contributed by atoms with Crippen LogP contribution in [0.1, 0.15) is 32.1 Å². The molecular weight excluding hydrogens is 546 g/mol. The Hall–Kier alpha value is -1.58. The summed E-state index contributed by atoms with van der Waals surface area (Å²) in [6.45, 7) is -0.220. The number of nitrogens with zero attached hydrogens (tertiary/aromatic N) is 1. The van der Waals surface area contributed by atoms with Gasteiger partial charge in [0.25, 0.3) is 0 Å². The zero-order valence-corrected chi connectivity index (χ0v) is 23.2. The molecule has 0 unspecified atom stereocenters. The van der Waals surface area contributed by atoms with Crippen LogP contribution >= 0.6 is 0 Å². The van der Waals surface area contributed by atoms with Crippen LogP contribution in [0.15, 0.2) is 5.16 Å². The molecule has 41 heavy (non-hydrogen) atoms. The van der Waals surface area contributed by atoms with E-state index >= 15 is 0 Å². The first kappa shape index (κ1) is 33.9. The molecule has 17 nitrogen and oxygen atoms in total. The van der Waals surface area contributed by atoms with E-state index in [4.69, 9.17) is 52.5 Å². The van der Waals surface area contributed by atoms with E-state index in [0.717, 1.165) is 0 Å². The summed E-state index contributed by atoms with van der Waals surface area (Å²) in [6.07, 6.45) is -8.39. The van der Waals surface area contributed by atoms with Crippen molar-refractivity contribution in [3.05, 3.63) is 0 Å². The van der Waals surface area contributed by atoms with Crippen molar-refractivity contribution < 1.29 is 49.0 Å². The summed E-state index contributed by atoms with van der Waals surface area (Å²) in [5.41, 5.74) is 30.4. The molecule has 1 aliphatic carbocycles. The largest absolute Gasteiger partial charge is 0.399 e. The molecule has 17 heteroatoms. The number of amides is 1. The lowest BCUT2D eigenvalue weighted by atomic mass is 9.97. The van der Waals surface area contributed by atoms with E-state index in [1.165, 1.54) is 7.11 Å². The average molecular weight is 594 g/mol. The van der Waals surface area contributed by atoms with Crippen LogP contribution in [-0.2, 0) is 28.6 Å². The number of carbonyl (C=O) groups excluding carboxylic acids is 1. The molecule has 1 saturated carbocycles. The number of nitrogens with two attached hydrogens (primary N) is 5. The number of oxime groups is 1. The molecule has 13 atom stereocenters. The Morgan fingerprint density at radius 2 is 1.83 bits per heavy atom. The van der Waals surface area contributed by atoms with Crippen molar-refractivity contribution in [1.82, 2.24) is 5.32 Å². The Balaban J connectivity index is 1.90. The first-order chi connectivity index (χ1) is 19.5. The minimum atomic E-state index is -1.49. The molecular formula is C24H47N7O10. The molecule has 2 saturated heterocycles. The van der Waals surface area contributed by atoms with Crippen molar-refractivity contribution >= 4 is 11.6 Å². The summed E-state index contributed by atoms with van der Waals surface area (Å²) >= 11 is 0. The number of ether oxygens (including phenoxy) is 4. The monoisotopic (exact) mass is 593 g/mol. The second-order valence-corrected chi connectivity index (χ2v) is 10.7. The van der Waals surface area contributed by atoms with Gasteiger partial charge in [0, 0.05) is 19.0 Å². The molecule has 2 aliphatic heterocycles. The topological polar surface area (TPSA) is 299 Å². The average Bonchev–Trinajstić information content (AvgIpc) is 3.06. The van der Waals surface area contributed by atoms with E-state index in [1.807, 2.05) is 0 Å². The van der Waals surface area contributed by atoms with E-state index in [0.29, 0.717) is 18.6 Å². The lowest BCUT2D eigenvalue weighted by molar-refractivity contribution is -0.290. The molecule has 3 aliphatic rings. The fraction of sp³-hybridized carbons (Fsp3) is 0.917. The minimum Gasteiger partial charge on any atom is -0.399 e. The molecule has 0 bridgehead atoms. The lowest BCUT2D eigenvalue weighted by Crippen LogP contribution is -2.63. The van der Waals surface area contributed by atoms with Crippen molar-refractivity contribution in [3.63, 3.8) is 0 Å². The zero-order chi connectivity index (χ0) is 30.3. The summed E-state index contributed by atoms with van der Waals surface area (Å²) in [4.78, 5) is 17.9. The first-order valence-corrected chi connectivity index (χ1v) is 13.9. The number of hydrogen-bond donors (Lipinski definition) is 10. The predicted molar refractivity (Wildman–Crippen MR) is 144 cm³/mol. The second-order valence-electron chi connectivity index (χ2n) is 10.7. The third-order valence-corrected chi connectivity index (χ3v) is 7.67. The van der Waals surface area contributed by atoms with Crippen LogP contribution in [0, 0.1) is 0 Å². The maximum absolute atomic E-state index is 12.8. The van der Waals surface area contributed by atoms with Crippen LogP contribution in [0.3, 0.4) is 0 Å². The highest BCUT2D eigenvalue weighted by Crippen LogP contribution is 2.29. The van der Waals surface area contributed by atoms with Crippen LogP contribution in [0.25, 0.3) is 0 Å². The number of aliphatic hydroxyl groups is 4. The number of carbonyl (C=O) groups is 1. The summed E-state index contributed by atoms with van der Waals surface area (Å²) in [7, 11) is 1.34. The molecule has 2 heterocycles. The summed E-state index contributed by atoms with van der Waals surface area (Å²) in [5, 5.41) is 47.7. The van der Waals surface area contributed by atoms with Crippen LogP contribution in [-0.4, -0.2) is 138 Å². The zero-order valence-electron chi connectivity index (χ0n) is 23.2. The van der Waals surface area contributed by atoms with Gasteiger partial charge in [0.15, 0.2) is 12.6 Å². The molecule has 1 amide bonds. The standard InChI is InChI=1S/C24H47N7O10/c1-37-31-14-7-16(39-24-20(35)18(29)19(34)17(9-32)40-24)13(30-22(36)15(33)4-5-25)6-12(28)21(14)41-23-11(27)3-2-10(8-26)38-23/h10-13,15-21,23-24,32-35H,2-9,25-29H2,1H3,(H,30,36)/b31-14+/t10-,11+,12-,13+,15-,16+,17+,18-,19+,20+,21+,23+,24-/m0/s1. The fourth-order valence-electron chi connectivity index (χ4n) is 5.25. The quantitative estimate of drug-likeness (QED) is 0.0790. The Kier molecular flexibility index (Phi) is 13.0. The van der Waals surface area contributed by atoms with Gasteiger partial charge in [-0.3, -0.25) is 4.79 Å². The van der Waals surface area contributed by atoms with Gasteiger partial charge < -0.3 is 78.2 Å². The highest BCUT2D eigenvalue weighted by molar-refractivity contribution is 5.90. The van der Waals surface area contributed by atoms with Gasteiger partial charge >= 0.3 is 0 Å². The molecule has 238 valence electrons. The van der Waals surface area contributed by atoms with Gasteiger partial charge in [-0.25, -0.2) is 0 Å². The van der Waals surface area contributed by atoms with Gasteiger partial charge in [0.05, 0.1) is 42.7 Å². The Morgan fingerprint density at radius 1 is 1.10 bits per heavy atom. The van der Waals surface area contributed by atoms with E-state index < -0.39 is 85.9 Å². The van der Waals surface area contributed by atoms with Gasteiger partial charge in [-0.05, 0) is 32.2 Å². The normalized spacial score (nSPS) is 42.0. The summed E-state index contributed by atoms with van der Waals surface area (Å²) < 4.78 is 23.9. The SMILES string of the molecule is CO/N=C1\C[C@@H](O[C@H]2O[C@H](CO)[C@@H](O)[C@H](N)[C@H]2O)[C@H](NC(=O)[C@@H](O)CCN)C[C@H](N)[C@H]1O[C@H]1O[C@H](CN)CC[C@H]1N. The van der Waals surface area contributed by atoms with Crippen LogP contribution in [0.5, 0.6) is 0 Å². The van der Waals surface area contributed by atoms with Crippen molar-refractivity contribution in [2.45, 2.75) is 112 Å². The number of aliphatic hydroxyl groups excluding tert-OH is 4. The van der Waals surface area contributed by atoms with Crippen LogP contribution in [0.2, 0.25) is 0 Å². The third-order valence-electron chi connectivity index (χ3n) is 7.67. The maximum Gasteiger partial charge on any atom is 0.249 e. The first-order valence-electron chi connectivity index (χ1n) is 13.9. The molecule has 15 N–H and O–H groups in total. The van der Waals surface area contributed by atoms with Crippen molar-refractivity contribution in [2.75, 3.05) is 26.8 Å². The van der Waals surface area contributed by atoms with E-state index in [-0.39, 0.29) is 38.5 Å². The van der Waals surface area contributed by atoms with Gasteiger partial charge in [-0.1, -0.05) is 5.16 Å². The summed E-state index contributed by atoms with van der Waals surface area (Å²) in [5.74, 6) is -0.709. The fourth-order valence-corrected chi connectivity index (χ4v) is 5.25. The maximum atomic E-state index is 12.8. The Labute approximate surface area is 238 Å². The van der Waals surface area contributed by atoms with Crippen LogP contribution in [0.4, 0.5) is 0 Å². The van der Waals surface area contributed by atoms with Gasteiger partial charge in [-0.2, -0.15) is 0 Å². The number of rotatable bonds is 11. The van der Waals surface area contributed by atoms with Crippen molar-refractivity contribution in [1.29, 1.82) is 0 Å². The van der Waals surface area contributed by atoms with Crippen LogP contribution < -0.4 is 34.0 Å². The Bertz CT molecular complexity index is 858. The predicted octanol–water partition coefficient (Wildman–Crippen LogP) is -5.37. The molecule has 0 aromatic rings. The van der Waals surface area contributed by atoms with E-state index in [2.05, 4.69) is 10.5 Å². The van der Waals surface area contributed by atoms with Gasteiger partial charge in [0.1, 0.15) is 37.6 Å². The molecule has 0 aromatic carbocycles. The van der Waals surface area contributed by atoms with Crippen molar-refractivity contribution in [3.8, 4) is 0 Å². The molecule has 0 radical (unpaired) electrons. The number of nitrogens with one attached hydrogen (secondary N) is 1. The molecule has 0 aromatic heterocycles. The smallest absolute Gasteiger partial charge is 0.249 e. The highest BCUT2D eigenvalue weighted by atomic mass is 16.7. The minimum absolute atomic E-state index is 0.0207. The summed E-state index contributed by atoms with van der Waals surface area (Å²) in [6, 6.07) is -3.30. The Morgan fingerprint density at radius 3 is 2.46 bits per heavy atom. The van der Waals surface area contributed by atoms with Gasteiger partial charge in [-0.15, -0.1) is 0 Å². The lowest BCUT2D eigenvalue weighted by Gasteiger charge is -2.42.